The summed E-state index contributed by atoms with van der Waals surface area (Å²) in [5.74, 6) is 2.36. The van der Waals surface area contributed by atoms with E-state index in [1.807, 2.05) is 0 Å². The lowest BCUT2D eigenvalue weighted by atomic mass is 10.1. The quantitative estimate of drug-likeness (QED) is 0.341. The Balaban J connectivity index is 0.00000261. The second-order valence-corrected chi connectivity index (χ2v) is 7.63. The minimum absolute atomic E-state index is 0. The molecule has 1 aliphatic rings. The van der Waals surface area contributed by atoms with Gasteiger partial charge in [-0.25, -0.2) is 9.98 Å². The Kier molecular flexibility index (Phi) is 8.82. The molecule has 0 radical (unpaired) electrons. The highest BCUT2D eigenvalue weighted by atomic mass is 127. The zero-order valence-corrected chi connectivity index (χ0v) is 19.4. The van der Waals surface area contributed by atoms with Crippen molar-refractivity contribution in [2.75, 3.05) is 19.7 Å². The van der Waals surface area contributed by atoms with Crippen molar-refractivity contribution in [2.45, 2.75) is 46.1 Å². The third-order valence-corrected chi connectivity index (χ3v) is 5.46. The zero-order chi connectivity index (χ0) is 18.4. The second kappa shape index (κ2) is 10.8. The van der Waals surface area contributed by atoms with Crippen molar-refractivity contribution < 1.29 is 4.74 Å². The first kappa shape index (κ1) is 21.9. The summed E-state index contributed by atoms with van der Waals surface area (Å²) in [5, 5.41) is 10.0. The minimum Gasteiger partial charge on any atom is -0.493 e. The summed E-state index contributed by atoms with van der Waals surface area (Å²) in [4.78, 5) is 9.31. The first-order chi connectivity index (χ1) is 12.7. The van der Waals surface area contributed by atoms with E-state index in [1.54, 1.807) is 11.3 Å². The van der Waals surface area contributed by atoms with E-state index in [0.29, 0.717) is 12.5 Å². The van der Waals surface area contributed by atoms with Crippen LogP contribution in [0.15, 0.2) is 28.6 Å². The number of ether oxygens (including phenoxy) is 1. The highest BCUT2D eigenvalue weighted by Gasteiger charge is 2.12. The average Bonchev–Trinajstić information content (AvgIpc) is 3.28. The lowest BCUT2D eigenvalue weighted by Gasteiger charge is -2.11. The van der Waals surface area contributed by atoms with Gasteiger partial charge >= 0.3 is 0 Å². The number of thiazole rings is 1. The van der Waals surface area contributed by atoms with Gasteiger partial charge in [-0.05, 0) is 30.5 Å². The van der Waals surface area contributed by atoms with E-state index in [9.17, 15) is 0 Å². The predicted molar refractivity (Wildman–Crippen MR) is 124 cm³/mol. The molecule has 148 valence electrons. The Labute approximate surface area is 183 Å². The molecule has 2 N–H and O–H groups in total. The number of fused-ring (bicyclic) bond motifs is 1. The molecule has 5 nitrogen and oxygen atoms in total. The highest BCUT2D eigenvalue weighted by molar-refractivity contribution is 14.0. The van der Waals surface area contributed by atoms with Crippen molar-refractivity contribution in [1.29, 1.82) is 0 Å². The molecule has 0 atom stereocenters. The molecule has 0 unspecified atom stereocenters. The van der Waals surface area contributed by atoms with Gasteiger partial charge in [0.25, 0.3) is 0 Å². The van der Waals surface area contributed by atoms with Crippen LogP contribution in [0, 0.1) is 0 Å². The largest absolute Gasteiger partial charge is 0.493 e. The molecule has 0 amide bonds. The van der Waals surface area contributed by atoms with Gasteiger partial charge in [-0.2, -0.15) is 0 Å². The maximum atomic E-state index is 5.57. The smallest absolute Gasteiger partial charge is 0.191 e. The van der Waals surface area contributed by atoms with E-state index in [-0.39, 0.29) is 24.0 Å². The maximum absolute atomic E-state index is 5.57. The lowest BCUT2D eigenvalue weighted by Crippen LogP contribution is -2.38. The first-order valence-corrected chi connectivity index (χ1v) is 10.2. The van der Waals surface area contributed by atoms with E-state index in [2.05, 4.69) is 65.0 Å². The fraction of sp³-hybridized carbons (Fsp3) is 0.500. The molecule has 1 aromatic carbocycles. The number of rotatable bonds is 7. The SMILES string of the molecule is CCNC(=NCc1csc(C(C)C)n1)NCCc1ccc2c(c1)CCO2.I. The molecular formula is C20H29IN4OS. The fourth-order valence-corrected chi connectivity index (χ4v) is 3.71. The van der Waals surface area contributed by atoms with Crippen molar-refractivity contribution in [3.05, 3.63) is 45.4 Å². The van der Waals surface area contributed by atoms with Crippen LogP contribution in [-0.4, -0.2) is 30.6 Å². The van der Waals surface area contributed by atoms with E-state index in [1.165, 1.54) is 16.1 Å². The number of nitrogens with one attached hydrogen (secondary N) is 2. The van der Waals surface area contributed by atoms with Crippen LogP contribution in [0.3, 0.4) is 0 Å². The number of benzene rings is 1. The van der Waals surface area contributed by atoms with E-state index >= 15 is 0 Å². The third-order valence-electron chi connectivity index (χ3n) is 4.27. The summed E-state index contributed by atoms with van der Waals surface area (Å²) < 4.78 is 5.57. The molecular weight excluding hydrogens is 471 g/mol. The molecule has 0 saturated heterocycles. The van der Waals surface area contributed by atoms with Crippen LogP contribution in [0.1, 0.15) is 48.5 Å². The number of halogens is 1. The predicted octanol–water partition coefficient (Wildman–Crippen LogP) is 4.12. The van der Waals surface area contributed by atoms with Crippen molar-refractivity contribution in [1.82, 2.24) is 15.6 Å². The van der Waals surface area contributed by atoms with Crippen molar-refractivity contribution in [3.8, 4) is 5.75 Å². The van der Waals surface area contributed by atoms with Crippen LogP contribution < -0.4 is 15.4 Å². The van der Waals surface area contributed by atoms with Crippen LogP contribution in [0.25, 0.3) is 0 Å². The van der Waals surface area contributed by atoms with Crippen LogP contribution in [0.4, 0.5) is 0 Å². The van der Waals surface area contributed by atoms with Crippen LogP contribution in [0.5, 0.6) is 5.75 Å². The Morgan fingerprint density at radius 1 is 1.33 bits per heavy atom. The second-order valence-electron chi connectivity index (χ2n) is 6.74. The number of hydrogen-bond donors (Lipinski definition) is 2. The van der Waals surface area contributed by atoms with Gasteiger partial charge in [0.1, 0.15) is 5.75 Å². The molecule has 2 heterocycles. The van der Waals surface area contributed by atoms with Gasteiger partial charge in [0, 0.05) is 30.8 Å². The van der Waals surface area contributed by atoms with Crippen LogP contribution in [-0.2, 0) is 19.4 Å². The topological polar surface area (TPSA) is 58.5 Å². The molecule has 1 aliphatic heterocycles. The van der Waals surface area contributed by atoms with E-state index < -0.39 is 0 Å². The molecule has 1 aromatic heterocycles. The van der Waals surface area contributed by atoms with Gasteiger partial charge in [0.2, 0.25) is 0 Å². The monoisotopic (exact) mass is 500 g/mol. The molecule has 7 heteroatoms. The Hall–Kier alpha value is -1.35. The summed E-state index contributed by atoms with van der Waals surface area (Å²) in [7, 11) is 0. The summed E-state index contributed by atoms with van der Waals surface area (Å²) in [6.07, 6.45) is 1.98. The van der Waals surface area contributed by atoms with Gasteiger partial charge in [0.05, 0.1) is 23.9 Å². The fourth-order valence-electron chi connectivity index (χ4n) is 2.88. The third kappa shape index (κ3) is 6.34. The number of aromatic nitrogens is 1. The highest BCUT2D eigenvalue weighted by Crippen LogP contribution is 2.25. The first-order valence-electron chi connectivity index (χ1n) is 9.36. The van der Waals surface area contributed by atoms with Gasteiger partial charge < -0.3 is 15.4 Å². The molecule has 27 heavy (non-hydrogen) atoms. The van der Waals surface area contributed by atoms with Crippen molar-refractivity contribution in [2.24, 2.45) is 4.99 Å². The van der Waals surface area contributed by atoms with Gasteiger partial charge in [0.15, 0.2) is 5.96 Å². The lowest BCUT2D eigenvalue weighted by molar-refractivity contribution is 0.357. The Morgan fingerprint density at radius 3 is 2.93 bits per heavy atom. The molecule has 0 aliphatic carbocycles. The van der Waals surface area contributed by atoms with Crippen molar-refractivity contribution in [3.63, 3.8) is 0 Å². The average molecular weight is 500 g/mol. The van der Waals surface area contributed by atoms with Crippen LogP contribution in [0.2, 0.25) is 0 Å². The standard InChI is InChI=1S/C20H28N4OS.HI/c1-4-21-20(23-12-17-13-26-19(24-17)14(2)3)22-9-7-15-5-6-18-16(11-15)8-10-25-18;/h5-6,11,13-14H,4,7-10,12H2,1-3H3,(H2,21,22,23);1H. The number of aliphatic imine (C=N–C) groups is 1. The number of hydrogen-bond acceptors (Lipinski definition) is 4. The Bertz CT molecular complexity index is 760. The molecule has 2 aromatic rings. The van der Waals surface area contributed by atoms with Gasteiger partial charge in [-0.3, -0.25) is 0 Å². The van der Waals surface area contributed by atoms with Crippen molar-refractivity contribution >= 4 is 41.3 Å². The summed E-state index contributed by atoms with van der Waals surface area (Å²) >= 11 is 1.72. The van der Waals surface area contributed by atoms with Crippen LogP contribution >= 0.6 is 35.3 Å². The molecule has 0 fully saturated rings. The molecule has 0 bridgehead atoms. The summed E-state index contributed by atoms with van der Waals surface area (Å²) in [6, 6.07) is 6.50. The number of nitrogens with zero attached hydrogens (tertiary/aromatic N) is 2. The van der Waals surface area contributed by atoms with E-state index in [0.717, 1.165) is 49.9 Å². The van der Waals surface area contributed by atoms with Gasteiger partial charge in [-0.1, -0.05) is 26.0 Å². The van der Waals surface area contributed by atoms with Gasteiger partial charge in [-0.15, -0.1) is 35.3 Å². The molecule has 3 rings (SSSR count). The molecule has 0 saturated carbocycles. The minimum atomic E-state index is 0. The van der Waals surface area contributed by atoms with E-state index in [4.69, 9.17) is 4.74 Å². The Morgan fingerprint density at radius 2 is 2.19 bits per heavy atom. The zero-order valence-electron chi connectivity index (χ0n) is 16.2. The summed E-state index contributed by atoms with van der Waals surface area (Å²) in [6.45, 7) is 9.52. The summed E-state index contributed by atoms with van der Waals surface area (Å²) in [5.41, 5.74) is 3.70. The normalized spacial score (nSPS) is 13.1. The number of guanidine groups is 1. The molecule has 0 spiro atoms. The maximum Gasteiger partial charge on any atom is 0.191 e.